The van der Waals surface area contributed by atoms with Gasteiger partial charge in [-0.15, -0.1) is 12.6 Å². The fraction of sp³-hybridized carbons (Fsp3) is 0.0566. The van der Waals surface area contributed by atoms with Gasteiger partial charge in [0.2, 0.25) is 0 Å². The summed E-state index contributed by atoms with van der Waals surface area (Å²) in [5, 5.41) is 6.12. The van der Waals surface area contributed by atoms with Gasteiger partial charge >= 0.3 is 0 Å². The molecule has 0 saturated carbocycles. The van der Waals surface area contributed by atoms with Crippen LogP contribution in [0, 0.1) is 0 Å². The van der Waals surface area contributed by atoms with E-state index in [1.54, 1.807) is 0 Å². The summed E-state index contributed by atoms with van der Waals surface area (Å²) >= 11 is 4.63. The number of anilines is 1. The number of nitrogen functional groups attached to an aromatic ring is 1. The van der Waals surface area contributed by atoms with Crippen molar-refractivity contribution in [1.82, 2.24) is 4.57 Å². The minimum Gasteiger partial charge on any atom is -0.396 e. The molecule has 0 bridgehead atoms. The molecular weight excluding hydrogens is 697 g/mol. The van der Waals surface area contributed by atoms with Crippen molar-refractivity contribution in [2.24, 2.45) is 0 Å². The Balaban J connectivity index is 1.13. The first-order valence-corrected chi connectivity index (χ1v) is 19.8. The molecule has 0 radical (unpaired) electrons. The maximum Gasteiger partial charge on any atom is 0.0695 e. The van der Waals surface area contributed by atoms with E-state index in [1.807, 2.05) is 25.1 Å². The topological polar surface area (TPSA) is 30.9 Å². The van der Waals surface area contributed by atoms with Crippen LogP contribution < -0.4 is 5.73 Å². The number of rotatable bonds is 6. The number of benzene rings is 8. The number of allylic oxidation sites excluding steroid dienone is 2. The molecule has 1 heterocycles. The molecule has 1 aliphatic carbocycles. The first-order valence-electron chi connectivity index (χ1n) is 19.4. The van der Waals surface area contributed by atoms with Crippen molar-refractivity contribution < 1.29 is 0 Å². The molecule has 0 fully saturated rings. The van der Waals surface area contributed by atoms with Crippen molar-refractivity contribution in [2.45, 2.75) is 24.7 Å². The lowest BCUT2D eigenvalue weighted by molar-refractivity contribution is 0.991. The van der Waals surface area contributed by atoms with E-state index < -0.39 is 0 Å². The Bertz CT molecular complexity index is 3060. The zero-order chi connectivity index (χ0) is 37.8. The van der Waals surface area contributed by atoms with Crippen LogP contribution in [0.15, 0.2) is 175 Å². The Morgan fingerprint density at radius 2 is 1.25 bits per heavy atom. The van der Waals surface area contributed by atoms with Gasteiger partial charge in [0.05, 0.1) is 16.9 Å². The standard InChI is InChI=1S/C53H40N2S/c1-2-13-50-53(54)48-32-36(28-29-49(48)55(50)40-20-12-21-41(56)33-40)35-16-9-18-38(30-35)51-44-23-5-7-25-46(44)52(47-26-8-6-24-45(47)51)39-19-10-17-37(31-39)43-27-11-15-34-14-3-4-22-42(34)43/h2-7,9-25,27-33,56H,8,26,54H2,1H3/b13-2-. The van der Waals surface area contributed by atoms with Crippen LogP contribution in [0.2, 0.25) is 0 Å². The fourth-order valence-corrected chi connectivity index (χ4v) is 9.16. The van der Waals surface area contributed by atoms with Gasteiger partial charge in [-0.3, -0.25) is 0 Å². The zero-order valence-electron chi connectivity index (χ0n) is 31.2. The van der Waals surface area contributed by atoms with E-state index in [1.165, 1.54) is 66.1 Å². The second-order valence-electron chi connectivity index (χ2n) is 14.7. The Hall–Kier alpha value is -6.55. The molecule has 2 nitrogen and oxygen atoms in total. The van der Waals surface area contributed by atoms with E-state index in [-0.39, 0.29) is 0 Å². The number of hydrogen-bond acceptors (Lipinski definition) is 2. The Kier molecular flexibility index (Phi) is 8.46. The summed E-state index contributed by atoms with van der Waals surface area (Å²) in [7, 11) is 0. The van der Waals surface area contributed by atoms with Crippen LogP contribution in [-0.2, 0) is 6.42 Å². The number of nitrogens with zero attached hydrogens (tertiary/aromatic N) is 1. The summed E-state index contributed by atoms with van der Waals surface area (Å²) in [4.78, 5) is 0.912. The van der Waals surface area contributed by atoms with E-state index in [0.717, 1.165) is 56.8 Å². The van der Waals surface area contributed by atoms with Gasteiger partial charge < -0.3 is 10.3 Å². The van der Waals surface area contributed by atoms with E-state index >= 15 is 0 Å². The lowest BCUT2D eigenvalue weighted by atomic mass is 9.79. The minimum atomic E-state index is 0.769. The van der Waals surface area contributed by atoms with E-state index in [4.69, 9.17) is 5.73 Å². The maximum absolute atomic E-state index is 6.94. The van der Waals surface area contributed by atoms with Crippen molar-refractivity contribution >= 4 is 62.9 Å². The van der Waals surface area contributed by atoms with Gasteiger partial charge in [-0.2, -0.15) is 0 Å². The molecule has 0 unspecified atom stereocenters. The number of aromatic nitrogens is 1. The molecule has 1 aromatic heterocycles. The number of hydrogen-bond donors (Lipinski definition) is 2. The molecular formula is C53H40N2S. The van der Waals surface area contributed by atoms with Gasteiger partial charge in [0.1, 0.15) is 0 Å². The predicted octanol–water partition coefficient (Wildman–Crippen LogP) is 14.5. The van der Waals surface area contributed by atoms with Crippen LogP contribution in [0.4, 0.5) is 5.69 Å². The lowest BCUT2D eigenvalue weighted by Crippen LogP contribution is -2.02. The molecule has 8 aromatic carbocycles. The molecule has 10 rings (SSSR count). The Labute approximate surface area is 333 Å². The second-order valence-corrected chi connectivity index (χ2v) is 15.2. The minimum absolute atomic E-state index is 0.769. The number of nitrogens with two attached hydrogens (primary N) is 1. The van der Waals surface area contributed by atoms with Crippen LogP contribution in [-0.4, -0.2) is 4.57 Å². The average molecular weight is 737 g/mol. The second kappa shape index (κ2) is 13.9. The number of thiol groups is 1. The van der Waals surface area contributed by atoms with Crippen molar-refractivity contribution in [3.8, 4) is 50.2 Å². The quantitative estimate of drug-likeness (QED) is 0.164. The van der Waals surface area contributed by atoms with Gasteiger partial charge in [0.15, 0.2) is 0 Å². The largest absolute Gasteiger partial charge is 0.396 e. The van der Waals surface area contributed by atoms with Crippen LogP contribution in [0.5, 0.6) is 0 Å². The van der Waals surface area contributed by atoms with E-state index in [9.17, 15) is 0 Å². The van der Waals surface area contributed by atoms with Gasteiger partial charge in [-0.25, -0.2) is 0 Å². The van der Waals surface area contributed by atoms with Crippen molar-refractivity contribution in [2.75, 3.05) is 5.73 Å². The summed E-state index contributed by atoms with van der Waals surface area (Å²) in [6.07, 6.45) is 10.9. The molecule has 0 amide bonds. The third-order valence-corrected chi connectivity index (χ3v) is 11.7. The Morgan fingerprint density at radius 3 is 2.07 bits per heavy atom. The highest BCUT2D eigenvalue weighted by Gasteiger charge is 2.23. The first kappa shape index (κ1) is 34.0. The van der Waals surface area contributed by atoms with Gasteiger partial charge in [-0.1, -0.05) is 133 Å². The molecule has 0 saturated heterocycles. The summed E-state index contributed by atoms with van der Waals surface area (Å²) in [5.74, 6) is 0. The summed E-state index contributed by atoms with van der Waals surface area (Å²) in [6.45, 7) is 2.03. The maximum atomic E-state index is 6.94. The average Bonchev–Trinajstić information content (AvgIpc) is 3.52. The van der Waals surface area contributed by atoms with Crippen LogP contribution in [0.3, 0.4) is 0 Å². The van der Waals surface area contributed by atoms with Crippen LogP contribution >= 0.6 is 12.6 Å². The Morgan fingerprint density at radius 1 is 0.589 bits per heavy atom. The third kappa shape index (κ3) is 5.66. The van der Waals surface area contributed by atoms with Gasteiger partial charge in [0.25, 0.3) is 0 Å². The molecule has 0 atom stereocenters. The molecule has 2 N–H and O–H groups in total. The molecule has 9 aromatic rings. The van der Waals surface area contributed by atoms with Crippen molar-refractivity contribution in [3.63, 3.8) is 0 Å². The fourth-order valence-electron chi connectivity index (χ4n) is 8.95. The molecule has 0 aliphatic heterocycles. The highest BCUT2D eigenvalue weighted by atomic mass is 32.1. The highest BCUT2D eigenvalue weighted by molar-refractivity contribution is 7.80. The smallest absolute Gasteiger partial charge is 0.0695 e. The molecule has 268 valence electrons. The summed E-state index contributed by atoms with van der Waals surface area (Å²) in [5.41, 5.74) is 23.4. The molecule has 3 heteroatoms. The predicted molar refractivity (Wildman–Crippen MR) is 244 cm³/mol. The van der Waals surface area contributed by atoms with Gasteiger partial charge in [-0.05, 0) is 145 Å². The van der Waals surface area contributed by atoms with Crippen molar-refractivity contribution in [1.29, 1.82) is 0 Å². The molecule has 56 heavy (non-hydrogen) atoms. The van der Waals surface area contributed by atoms with E-state index in [2.05, 4.69) is 181 Å². The molecule has 1 aliphatic rings. The highest BCUT2D eigenvalue weighted by Crippen LogP contribution is 2.46. The lowest BCUT2D eigenvalue weighted by Gasteiger charge is -2.24. The monoisotopic (exact) mass is 736 g/mol. The van der Waals surface area contributed by atoms with Crippen LogP contribution in [0.1, 0.15) is 30.2 Å². The van der Waals surface area contributed by atoms with E-state index in [0.29, 0.717) is 0 Å². The summed E-state index contributed by atoms with van der Waals surface area (Å²) in [6, 6.07) is 57.4. The summed E-state index contributed by atoms with van der Waals surface area (Å²) < 4.78 is 2.23. The van der Waals surface area contributed by atoms with Gasteiger partial charge in [0, 0.05) is 16.0 Å². The zero-order valence-corrected chi connectivity index (χ0v) is 32.1. The van der Waals surface area contributed by atoms with Crippen LogP contribution in [0.25, 0.3) is 94.8 Å². The normalized spacial score (nSPS) is 12.6. The first-order chi connectivity index (χ1) is 27.6. The third-order valence-electron chi connectivity index (χ3n) is 11.4. The number of fused-ring (bicyclic) bond motifs is 4. The van der Waals surface area contributed by atoms with Crippen molar-refractivity contribution in [3.05, 3.63) is 187 Å². The molecule has 0 spiro atoms. The SMILES string of the molecule is C/C=C\c1c(N)c2cc(-c3cccc(-c4c5c(c(-c6cccc(-c7cccc8ccccc78)c6)c6ccccc46)CCC=C5)c3)ccc2n1-c1cccc(S)c1.